The van der Waals surface area contributed by atoms with Gasteiger partial charge in [0.05, 0.1) is 11.0 Å². The minimum absolute atomic E-state index is 0.0365. The second-order valence-electron chi connectivity index (χ2n) is 5.75. The Morgan fingerprint density at radius 1 is 1.04 bits per heavy atom. The summed E-state index contributed by atoms with van der Waals surface area (Å²) < 4.78 is 6.03. The van der Waals surface area contributed by atoms with Crippen LogP contribution in [0.25, 0.3) is 0 Å². The number of hydrogen-bond donors (Lipinski definition) is 2. The zero-order valence-corrected chi connectivity index (χ0v) is 15.6. The van der Waals surface area contributed by atoms with E-state index in [9.17, 15) is 9.59 Å². The number of carbonyl (C=O) groups is 2. The summed E-state index contributed by atoms with van der Waals surface area (Å²) in [7, 11) is 0. The molecule has 1 aliphatic rings. The maximum absolute atomic E-state index is 12.0. The quantitative estimate of drug-likeness (QED) is 0.750. The van der Waals surface area contributed by atoms with Crippen molar-refractivity contribution in [2.24, 2.45) is 0 Å². The Morgan fingerprint density at radius 3 is 2.31 bits per heavy atom. The number of thioether (sulfide) groups is 2. The summed E-state index contributed by atoms with van der Waals surface area (Å²) in [6, 6.07) is 14.6. The molecule has 0 saturated carbocycles. The highest BCUT2D eigenvalue weighted by Gasteiger charge is 2.18. The van der Waals surface area contributed by atoms with Crippen LogP contribution in [0.4, 0.5) is 5.69 Å². The van der Waals surface area contributed by atoms with Crippen LogP contribution in [-0.4, -0.2) is 35.1 Å². The molecule has 5 nitrogen and oxygen atoms in total. The maximum atomic E-state index is 12.0. The van der Waals surface area contributed by atoms with Crippen molar-refractivity contribution in [3.05, 3.63) is 59.7 Å². The summed E-state index contributed by atoms with van der Waals surface area (Å²) in [6.07, 6.45) is -0.0365. The molecule has 2 N–H and O–H groups in total. The highest BCUT2D eigenvalue weighted by molar-refractivity contribution is 8.19. The Hall–Kier alpha value is -2.12. The number of nitrogens with one attached hydrogen (secondary N) is 1. The van der Waals surface area contributed by atoms with Crippen LogP contribution in [0.3, 0.4) is 0 Å². The molecular weight excluding hydrogens is 370 g/mol. The van der Waals surface area contributed by atoms with Gasteiger partial charge in [-0.05, 0) is 35.4 Å². The predicted octanol–water partition coefficient (Wildman–Crippen LogP) is 3.81. The summed E-state index contributed by atoms with van der Waals surface area (Å²) in [4.78, 5) is 22.6. The number of carbonyl (C=O) groups excluding carboxylic acids is 1. The van der Waals surface area contributed by atoms with E-state index in [1.54, 1.807) is 24.3 Å². The van der Waals surface area contributed by atoms with E-state index >= 15 is 0 Å². The summed E-state index contributed by atoms with van der Waals surface area (Å²) in [5, 5.41) is 11.5. The number of carboxylic acids is 1. The lowest BCUT2D eigenvalue weighted by Crippen LogP contribution is -2.20. The highest BCUT2D eigenvalue weighted by Crippen LogP contribution is 2.45. The van der Waals surface area contributed by atoms with Gasteiger partial charge in [-0.1, -0.05) is 24.3 Å². The molecule has 0 aromatic heterocycles. The van der Waals surface area contributed by atoms with Gasteiger partial charge in [0, 0.05) is 17.2 Å². The van der Waals surface area contributed by atoms with Crippen LogP contribution in [0.5, 0.6) is 5.75 Å². The standard InChI is InChI=1S/C19H19NO4S2/c21-17(20-15-5-1-13(2-6-15)11-18(22)23)12-24-16-7-3-14(4-8-16)19-25-9-10-26-19/h1-8,19H,9-12H2,(H,20,21)(H,22,23). The van der Waals surface area contributed by atoms with Crippen molar-refractivity contribution in [1.82, 2.24) is 0 Å². The van der Waals surface area contributed by atoms with Gasteiger partial charge in [0.2, 0.25) is 0 Å². The Morgan fingerprint density at radius 2 is 1.69 bits per heavy atom. The average molecular weight is 389 g/mol. The molecule has 136 valence electrons. The van der Waals surface area contributed by atoms with Crippen LogP contribution < -0.4 is 10.1 Å². The van der Waals surface area contributed by atoms with Crippen LogP contribution >= 0.6 is 23.5 Å². The number of carboxylic acid groups (broad SMARTS) is 1. The Bertz CT molecular complexity index is 756. The smallest absolute Gasteiger partial charge is 0.307 e. The molecule has 1 amide bonds. The van der Waals surface area contributed by atoms with E-state index in [0.717, 1.165) is 0 Å². The first-order valence-corrected chi connectivity index (χ1v) is 10.3. The van der Waals surface area contributed by atoms with Crippen molar-refractivity contribution >= 4 is 41.1 Å². The van der Waals surface area contributed by atoms with Crippen LogP contribution in [0.15, 0.2) is 48.5 Å². The van der Waals surface area contributed by atoms with Crippen LogP contribution in [0.1, 0.15) is 15.7 Å². The Labute approximate surface area is 160 Å². The fourth-order valence-electron chi connectivity index (χ4n) is 2.50. The van der Waals surface area contributed by atoms with Crippen molar-refractivity contribution in [2.75, 3.05) is 23.4 Å². The Balaban J connectivity index is 1.46. The van der Waals surface area contributed by atoms with Crippen molar-refractivity contribution < 1.29 is 19.4 Å². The van der Waals surface area contributed by atoms with Gasteiger partial charge in [0.25, 0.3) is 5.91 Å². The van der Waals surface area contributed by atoms with Gasteiger partial charge in [-0.15, -0.1) is 23.5 Å². The average Bonchev–Trinajstić information content (AvgIpc) is 3.16. The predicted molar refractivity (Wildman–Crippen MR) is 106 cm³/mol. The SMILES string of the molecule is O=C(O)Cc1ccc(NC(=O)COc2ccc(C3SCCS3)cc2)cc1. The fraction of sp³-hybridized carbons (Fsp3) is 0.263. The third-order valence-electron chi connectivity index (χ3n) is 3.74. The van der Waals surface area contributed by atoms with E-state index < -0.39 is 5.97 Å². The van der Waals surface area contributed by atoms with Gasteiger partial charge in [0.15, 0.2) is 6.61 Å². The number of hydrogen-bond acceptors (Lipinski definition) is 5. The number of rotatable bonds is 7. The minimum atomic E-state index is -0.883. The fourth-order valence-corrected chi connectivity index (χ4v) is 5.36. The van der Waals surface area contributed by atoms with E-state index in [4.69, 9.17) is 9.84 Å². The molecule has 0 radical (unpaired) electrons. The molecule has 1 aliphatic heterocycles. The Kier molecular flexibility index (Phi) is 6.46. The largest absolute Gasteiger partial charge is 0.484 e. The van der Waals surface area contributed by atoms with Crippen LogP contribution in [0, 0.1) is 0 Å². The molecule has 2 aromatic rings. The molecule has 0 spiro atoms. The first-order valence-electron chi connectivity index (χ1n) is 8.17. The normalized spacial score (nSPS) is 14.2. The summed E-state index contributed by atoms with van der Waals surface area (Å²) >= 11 is 3.90. The third-order valence-corrected chi connectivity index (χ3v) is 6.84. The summed E-state index contributed by atoms with van der Waals surface area (Å²) in [6.45, 7) is -0.0802. The molecule has 3 rings (SSSR count). The molecule has 1 saturated heterocycles. The van der Waals surface area contributed by atoms with Crippen LogP contribution in [0.2, 0.25) is 0 Å². The number of aliphatic carboxylic acids is 1. The first kappa shape index (κ1) is 18.7. The molecule has 1 fully saturated rings. The molecule has 0 aliphatic carbocycles. The molecular formula is C19H19NO4S2. The summed E-state index contributed by atoms with van der Waals surface area (Å²) in [5.74, 6) is 1.89. The van der Waals surface area contributed by atoms with Gasteiger partial charge in [-0.2, -0.15) is 0 Å². The maximum Gasteiger partial charge on any atom is 0.307 e. The topological polar surface area (TPSA) is 75.6 Å². The molecule has 2 aromatic carbocycles. The van der Waals surface area contributed by atoms with Gasteiger partial charge >= 0.3 is 5.97 Å². The van der Waals surface area contributed by atoms with E-state index in [-0.39, 0.29) is 18.9 Å². The number of amides is 1. The van der Waals surface area contributed by atoms with Crippen molar-refractivity contribution in [2.45, 2.75) is 11.0 Å². The van der Waals surface area contributed by atoms with E-state index in [1.165, 1.54) is 17.1 Å². The lowest BCUT2D eigenvalue weighted by Gasteiger charge is -2.11. The molecule has 0 unspecified atom stereocenters. The molecule has 1 heterocycles. The highest BCUT2D eigenvalue weighted by atomic mass is 32.2. The monoisotopic (exact) mass is 389 g/mol. The number of ether oxygens (including phenoxy) is 1. The molecule has 26 heavy (non-hydrogen) atoms. The lowest BCUT2D eigenvalue weighted by atomic mass is 10.1. The first-order chi connectivity index (χ1) is 12.6. The molecule has 7 heteroatoms. The van der Waals surface area contributed by atoms with E-state index in [1.807, 2.05) is 47.8 Å². The minimum Gasteiger partial charge on any atom is -0.484 e. The van der Waals surface area contributed by atoms with Gasteiger partial charge < -0.3 is 15.2 Å². The number of anilines is 1. The van der Waals surface area contributed by atoms with Gasteiger partial charge in [-0.3, -0.25) is 9.59 Å². The molecule has 0 bridgehead atoms. The number of benzene rings is 2. The third kappa shape index (κ3) is 5.44. The second-order valence-corrected chi connectivity index (χ2v) is 8.47. The zero-order chi connectivity index (χ0) is 18.4. The molecule has 0 atom stereocenters. The van der Waals surface area contributed by atoms with Gasteiger partial charge in [-0.25, -0.2) is 0 Å². The van der Waals surface area contributed by atoms with Gasteiger partial charge in [0.1, 0.15) is 5.75 Å². The lowest BCUT2D eigenvalue weighted by molar-refractivity contribution is -0.136. The van der Waals surface area contributed by atoms with Crippen molar-refractivity contribution in [1.29, 1.82) is 0 Å². The van der Waals surface area contributed by atoms with Crippen LogP contribution in [-0.2, 0) is 16.0 Å². The van der Waals surface area contributed by atoms with Crippen molar-refractivity contribution in [3.8, 4) is 5.75 Å². The van der Waals surface area contributed by atoms with E-state index in [0.29, 0.717) is 21.6 Å². The summed E-state index contributed by atoms with van der Waals surface area (Å²) in [5.41, 5.74) is 2.57. The van der Waals surface area contributed by atoms with E-state index in [2.05, 4.69) is 5.32 Å². The second kappa shape index (κ2) is 9.00. The zero-order valence-electron chi connectivity index (χ0n) is 14.0. The van der Waals surface area contributed by atoms with Crippen molar-refractivity contribution in [3.63, 3.8) is 0 Å².